The number of halogens is 1. The molecule has 2 aromatic carbocycles. The molecule has 1 fully saturated rings. The van der Waals surface area contributed by atoms with Crippen molar-refractivity contribution in [2.75, 3.05) is 19.6 Å². The minimum atomic E-state index is -0.209. The molecule has 0 bridgehead atoms. The van der Waals surface area contributed by atoms with Crippen molar-refractivity contribution in [3.8, 4) is 11.3 Å². The first kappa shape index (κ1) is 22.2. The molecule has 0 saturated carbocycles. The first-order valence-electron chi connectivity index (χ1n) is 12.0. The summed E-state index contributed by atoms with van der Waals surface area (Å²) in [6.45, 7) is 2.59. The minimum Gasteiger partial charge on any atom is -0.355 e. The molecule has 0 spiro atoms. The second kappa shape index (κ2) is 10.1. The number of fused-ring (bicyclic) bond motifs is 1. The lowest BCUT2D eigenvalue weighted by molar-refractivity contribution is 0.0915. The number of aromatic nitrogens is 1. The van der Waals surface area contributed by atoms with E-state index in [0.717, 1.165) is 42.1 Å². The number of rotatable bonds is 6. The summed E-state index contributed by atoms with van der Waals surface area (Å²) in [6, 6.07) is 16.2. The summed E-state index contributed by atoms with van der Waals surface area (Å²) in [5.74, 6) is 0.428. The Morgan fingerprint density at radius 2 is 1.73 bits per heavy atom. The Labute approximate surface area is 200 Å². The van der Waals surface area contributed by atoms with Crippen molar-refractivity contribution >= 4 is 17.5 Å². The minimum absolute atomic E-state index is 0.110. The van der Waals surface area contributed by atoms with E-state index in [4.69, 9.17) is 16.1 Å². The van der Waals surface area contributed by atoms with Gasteiger partial charge in [0.1, 0.15) is 0 Å². The van der Waals surface area contributed by atoms with Crippen LogP contribution in [0.15, 0.2) is 53.1 Å². The van der Waals surface area contributed by atoms with E-state index in [0.29, 0.717) is 18.0 Å². The zero-order valence-corrected chi connectivity index (χ0v) is 19.6. The van der Waals surface area contributed by atoms with Crippen LogP contribution in [0.1, 0.15) is 65.3 Å². The van der Waals surface area contributed by atoms with Gasteiger partial charge in [-0.3, -0.25) is 9.69 Å². The van der Waals surface area contributed by atoms with Gasteiger partial charge in [-0.1, -0.05) is 47.4 Å². The number of nitrogens with zero attached hydrogens (tertiary/aromatic N) is 2. The quantitative estimate of drug-likeness (QED) is 0.499. The highest BCUT2D eigenvalue weighted by atomic mass is 35.5. The average Bonchev–Trinajstić information content (AvgIpc) is 3.36. The van der Waals surface area contributed by atoms with E-state index in [9.17, 15) is 4.79 Å². The second-order valence-corrected chi connectivity index (χ2v) is 9.58. The summed E-state index contributed by atoms with van der Waals surface area (Å²) >= 11 is 6.10. The third-order valence-electron chi connectivity index (χ3n) is 6.92. The highest BCUT2D eigenvalue weighted by molar-refractivity contribution is 6.30. The van der Waals surface area contributed by atoms with Crippen molar-refractivity contribution in [3.05, 3.63) is 75.9 Å². The molecule has 5 rings (SSSR count). The van der Waals surface area contributed by atoms with Crippen LogP contribution in [0, 0.1) is 0 Å². The molecule has 2 heterocycles. The average molecular weight is 464 g/mol. The molecule has 1 N–H and O–H groups in total. The van der Waals surface area contributed by atoms with Gasteiger partial charge in [-0.15, -0.1) is 0 Å². The predicted octanol–water partition coefficient (Wildman–Crippen LogP) is 5.83. The van der Waals surface area contributed by atoms with Gasteiger partial charge in [0.25, 0.3) is 5.91 Å². The lowest BCUT2D eigenvalue weighted by atomic mass is 9.90. The molecule has 172 valence electrons. The Bertz CT molecular complexity index is 1100. The van der Waals surface area contributed by atoms with Gasteiger partial charge < -0.3 is 9.84 Å². The monoisotopic (exact) mass is 463 g/mol. The number of nitrogens with one attached hydrogen (secondary N) is 1. The molecule has 1 unspecified atom stereocenters. The number of likely N-dealkylation sites (tertiary alicyclic amines) is 1. The molecule has 1 aliphatic heterocycles. The summed E-state index contributed by atoms with van der Waals surface area (Å²) in [7, 11) is 0. The topological polar surface area (TPSA) is 58.4 Å². The van der Waals surface area contributed by atoms with E-state index in [1.54, 1.807) is 6.07 Å². The number of benzene rings is 2. The fourth-order valence-corrected chi connectivity index (χ4v) is 5.18. The van der Waals surface area contributed by atoms with Gasteiger partial charge in [0.15, 0.2) is 11.5 Å². The largest absolute Gasteiger partial charge is 0.355 e. The van der Waals surface area contributed by atoms with E-state index < -0.39 is 0 Å². The van der Waals surface area contributed by atoms with Crippen molar-refractivity contribution in [2.45, 2.75) is 51.0 Å². The lowest BCUT2D eigenvalue weighted by Gasteiger charge is -2.35. The number of carbonyl (C=O) groups excluding carboxylic acids is 1. The van der Waals surface area contributed by atoms with Crippen molar-refractivity contribution in [1.29, 1.82) is 0 Å². The summed E-state index contributed by atoms with van der Waals surface area (Å²) in [5.41, 5.74) is 5.27. The molecular formula is C27H30ClN3O2. The smallest absolute Gasteiger partial charge is 0.273 e. The van der Waals surface area contributed by atoms with Crippen LogP contribution < -0.4 is 5.32 Å². The van der Waals surface area contributed by atoms with Crippen LogP contribution in [-0.2, 0) is 12.8 Å². The highest BCUT2D eigenvalue weighted by Gasteiger charge is 2.24. The summed E-state index contributed by atoms with van der Waals surface area (Å²) in [6.07, 6.45) is 8.37. The zero-order valence-electron chi connectivity index (χ0n) is 18.9. The molecule has 1 atom stereocenters. The van der Waals surface area contributed by atoms with Gasteiger partial charge >= 0.3 is 0 Å². The molecule has 6 heteroatoms. The highest BCUT2D eigenvalue weighted by Crippen LogP contribution is 2.28. The van der Waals surface area contributed by atoms with Crippen molar-refractivity contribution in [3.63, 3.8) is 0 Å². The molecule has 2 aliphatic rings. The van der Waals surface area contributed by atoms with Gasteiger partial charge in [0.05, 0.1) is 6.04 Å². The maximum Gasteiger partial charge on any atom is 0.273 e. The molecular weight excluding hydrogens is 434 g/mol. The number of carbonyl (C=O) groups is 1. The molecule has 33 heavy (non-hydrogen) atoms. The van der Waals surface area contributed by atoms with Gasteiger partial charge in [0.2, 0.25) is 0 Å². The fraction of sp³-hybridized carbons (Fsp3) is 0.407. The van der Waals surface area contributed by atoms with E-state index in [1.807, 2.05) is 12.1 Å². The van der Waals surface area contributed by atoms with E-state index in [-0.39, 0.29) is 11.9 Å². The van der Waals surface area contributed by atoms with Crippen molar-refractivity contribution in [2.24, 2.45) is 0 Å². The number of hydrogen-bond acceptors (Lipinski definition) is 4. The molecule has 3 aromatic rings. The lowest BCUT2D eigenvalue weighted by Crippen LogP contribution is -2.40. The van der Waals surface area contributed by atoms with E-state index in [1.165, 1.54) is 43.2 Å². The van der Waals surface area contributed by atoms with Crippen LogP contribution in [-0.4, -0.2) is 35.6 Å². The van der Waals surface area contributed by atoms with Crippen LogP contribution in [0.3, 0.4) is 0 Å². The van der Waals surface area contributed by atoms with Crippen LogP contribution >= 0.6 is 11.6 Å². The summed E-state index contributed by atoms with van der Waals surface area (Å²) in [4.78, 5) is 15.4. The number of amides is 1. The van der Waals surface area contributed by atoms with Gasteiger partial charge in [-0.05, 0) is 86.5 Å². The van der Waals surface area contributed by atoms with E-state index >= 15 is 0 Å². The van der Waals surface area contributed by atoms with Crippen molar-refractivity contribution in [1.82, 2.24) is 15.4 Å². The van der Waals surface area contributed by atoms with Gasteiger partial charge in [0, 0.05) is 23.2 Å². The normalized spacial score (nSPS) is 17.4. The third-order valence-corrected chi connectivity index (χ3v) is 7.17. The molecule has 1 aromatic heterocycles. The Hall–Kier alpha value is -2.63. The third kappa shape index (κ3) is 5.15. The zero-order chi connectivity index (χ0) is 22.6. The molecule has 0 radical (unpaired) electrons. The molecule has 5 nitrogen and oxygen atoms in total. The number of piperidine rings is 1. The first-order chi connectivity index (χ1) is 16.2. The summed E-state index contributed by atoms with van der Waals surface area (Å²) in [5, 5.41) is 7.87. The fourth-order valence-electron chi connectivity index (χ4n) is 5.06. The van der Waals surface area contributed by atoms with Crippen LogP contribution in [0.4, 0.5) is 0 Å². The van der Waals surface area contributed by atoms with Crippen molar-refractivity contribution < 1.29 is 9.32 Å². The Kier molecular flexibility index (Phi) is 6.79. The SMILES string of the molecule is O=C(NCC(c1ccc(Cl)cc1)N1CCCCC1)c1cc(-c2ccc3c(c2)CCCC3)on1. The predicted molar refractivity (Wildman–Crippen MR) is 131 cm³/mol. The Balaban J connectivity index is 1.28. The maximum absolute atomic E-state index is 12.9. The van der Waals surface area contributed by atoms with E-state index in [2.05, 4.69) is 45.7 Å². The van der Waals surface area contributed by atoms with Gasteiger partial charge in [-0.2, -0.15) is 0 Å². The number of aryl methyl sites for hydroxylation is 2. The van der Waals surface area contributed by atoms with Gasteiger partial charge in [-0.25, -0.2) is 0 Å². The maximum atomic E-state index is 12.9. The standard InChI is InChI=1S/C27H30ClN3O2/c28-23-12-10-20(11-13-23)25(31-14-4-1-5-15-31)18-29-27(32)24-17-26(33-30-24)22-9-8-19-6-2-3-7-21(19)16-22/h8-13,16-17,25H,1-7,14-15,18H2,(H,29,32). The molecule has 1 saturated heterocycles. The summed E-state index contributed by atoms with van der Waals surface area (Å²) < 4.78 is 5.55. The second-order valence-electron chi connectivity index (χ2n) is 9.14. The molecule has 1 amide bonds. The Morgan fingerprint density at radius 1 is 0.970 bits per heavy atom. The molecule has 1 aliphatic carbocycles. The Morgan fingerprint density at radius 3 is 2.52 bits per heavy atom. The first-order valence-corrected chi connectivity index (χ1v) is 12.4. The van der Waals surface area contributed by atoms with Crippen LogP contribution in [0.2, 0.25) is 5.02 Å². The van der Waals surface area contributed by atoms with Crippen LogP contribution in [0.5, 0.6) is 0 Å². The van der Waals surface area contributed by atoms with Crippen LogP contribution in [0.25, 0.3) is 11.3 Å². The number of hydrogen-bond donors (Lipinski definition) is 1.